The predicted molar refractivity (Wildman–Crippen MR) is 123 cm³/mol. The van der Waals surface area contributed by atoms with Crippen LogP contribution >= 0.6 is 27.5 Å². The van der Waals surface area contributed by atoms with Crippen LogP contribution in [0.2, 0.25) is 5.02 Å². The van der Waals surface area contributed by atoms with E-state index in [0.717, 1.165) is 38.4 Å². The average Bonchev–Trinajstić information content (AvgIpc) is 3.12. The van der Waals surface area contributed by atoms with Gasteiger partial charge in [0.25, 0.3) is 0 Å². The molecule has 6 nitrogen and oxygen atoms in total. The SMILES string of the molecule is COBNc1ccc(CNc2cc(-c3ccccc3Cl)nc3c(Br)cnn23)cc1. The number of nitrogens with zero attached hydrogens (tertiary/aromatic N) is 3. The minimum absolute atomic E-state index is 0.478. The van der Waals surface area contributed by atoms with E-state index in [2.05, 4.69) is 43.7 Å². The van der Waals surface area contributed by atoms with E-state index in [1.165, 1.54) is 0 Å². The summed E-state index contributed by atoms with van der Waals surface area (Å²) in [5.74, 6) is 0.831. The molecule has 0 aliphatic rings. The van der Waals surface area contributed by atoms with Crippen LogP contribution < -0.4 is 10.5 Å². The fraction of sp³-hybridized carbons (Fsp3) is 0.100. The highest BCUT2D eigenvalue weighted by atomic mass is 79.9. The molecule has 0 saturated heterocycles. The molecule has 0 fully saturated rings. The van der Waals surface area contributed by atoms with Crippen molar-refractivity contribution in [3.05, 3.63) is 75.9 Å². The zero-order valence-electron chi connectivity index (χ0n) is 15.7. The molecular weight excluding hydrogens is 452 g/mol. The summed E-state index contributed by atoms with van der Waals surface area (Å²) in [6.07, 6.45) is 1.74. The minimum Gasteiger partial charge on any atom is -0.422 e. The lowest BCUT2D eigenvalue weighted by Crippen LogP contribution is -2.09. The van der Waals surface area contributed by atoms with E-state index in [4.69, 9.17) is 21.2 Å². The van der Waals surface area contributed by atoms with Crippen molar-refractivity contribution in [3.8, 4) is 11.3 Å². The highest BCUT2D eigenvalue weighted by Crippen LogP contribution is 2.30. The first-order valence-corrected chi connectivity index (χ1v) is 10.2. The molecule has 9 heteroatoms. The number of anilines is 2. The lowest BCUT2D eigenvalue weighted by atomic mass is 10.1. The van der Waals surface area contributed by atoms with Gasteiger partial charge in [-0.05, 0) is 39.7 Å². The number of fused-ring (bicyclic) bond motifs is 1. The third kappa shape index (κ3) is 4.39. The molecule has 0 saturated carbocycles. The van der Waals surface area contributed by atoms with Gasteiger partial charge in [0.2, 0.25) is 0 Å². The van der Waals surface area contributed by atoms with Gasteiger partial charge in [0.05, 0.1) is 16.4 Å². The fourth-order valence-corrected chi connectivity index (χ4v) is 3.54. The summed E-state index contributed by atoms with van der Waals surface area (Å²) in [5.41, 5.74) is 4.54. The van der Waals surface area contributed by atoms with E-state index in [9.17, 15) is 0 Å². The van der Waals surface area contributed by atoms with Gasteiger partial charge in [0, 0.05) is 36.0 Å². The summed E-state index contributed by atoms with van der Waals surface area (Å²) in [6, 6.07) is 17.8. The zero-order valence-corrected chi connectivity index (χ0v) is 18.0. The lowest BCUT2D eigenvalue weighted by molar-refractivity contribution is 0.446. The fourth-order valence-electron chi connectivity index (χ4n) is 2.96. The first kappa shape index (κ1) is 19.8. The number of hydrogen-bond donors (Lipinski definition) is 2. The van der Waals surface area contributed by atoms with Crippen LogP contribution in [0.3, 0.4) is 0 Å². The van der Waals surface area contributed by atoms with E-state index in [1.54, 1.807) is 17.8 Å². The van der Waals surface area contributed by atoms with E-state index >= 15 is 0 Å². The molecule has 2 heterocycles. The van der Waals surface area contributed by atoms with Crippen molar-refractivity contribution in [2.45, 2.75) is 6.54 Å². The van der Waals surface area contributed by atoms with Crippen molar-refractivity contribution >= 4 is 52.3 Å². The normalized spacial score (nSPS) is 10.9. The molecule has 2 N–H and O–H groups in total. The first-order chi connectivity index (χ1) is 14.2. The highest BCUT2D eigenvalue weighted by molar-refractivity contribution is 9.10. The van der Waals surface area contributed by atoms with Crippen molar-refractivity contribution in [2.75, 3.05) is 17.7 Å². The Hall–Kier alpha value is -2.55. The summed E-state index contributed by atoms with van der Waals surface area (Å²) < 4.78 is 7.63. The Kier molecular flexibility index (Phi) is 6.04. The van der Waals surface area contributed by atoms with Gasteiger partial charge in [-0.3, -0.25) is 0 Å². The molecular formula is C20H18BBrClN5O. The van der Waals surface area contributed by atoms with Crippen LogP contribution in [0.4, 0.5) is 11.5 Å². The molecule has 0 spiro atoms. The number of aromatic nitrogens is 3. The Morgan fingerprint density at radius 2 is 1.97 bits per heavy atom. The predicted octanol–water partition coefficient (Wildman–Crippen LogP) is 4.75. The van der Waals surface area contributed by atoms with Crippen molar-refractivity contribution in [1.29, 1.82) is 0 Å². The van der Waals surface area contributed by atoms with Gasteiger partial charge in [0.1, 0.15) is 5.82 Å². The molecule has 0 aliphatic carbocycles. The molecule has 2 aromatic carbocycles. The Labute approximate surface area is 182 Å². The van der Waals surface area contributed by atoms with Crippen LogP contribution in [0.15, 0.2) is 65.3 Å². The summed E-state index contributed by atoms with van der Waals surface area (Å²) in [5, 5.41) is 11.7. The van der Waals surface area contributed by atoms with Gasteiger partial charge in [-0.25, -0.2) is 4.98 Å². The van der Waals surface area contributed by atoms with Crippen LogP contribution in [-0.4, -0.2) is 29.3 Å². The topological polar surface area (TPSA) is 63.5 Å². The van der Waals surface area contributed by atoms with E-state index < -0.39 is 0 Å². The Morgan fingerprint density at radius 1 is 1.17 bits per heavy atom. The van der Waals surface area contributed by atoms with Crippen molar-refractivity contribution in [1.82, 2.24) is 14.6 Å². The van der Waals surface area contributed by atoms with Crippen LogP contribution in [0.5, 0.6) is 0 Å². The molecule has 0 radical (unpaired) electrons. The summed E-state index contributed by atoms with van der Waals surface area (Å²) in [7, 11) is 2.14. The van der Waals surface area contributed by atoms with Crippen LogP contribution in [-0.2, 0) is 11.2 Å². The van der Waals surface area contributed by atoms with Gasteiger partial charge in [-0.15, -0.1) is 0 Å². The van der Waals surface area contributed by atoms with Crippen LogP contribution in [0.1, 0.15) is 5.56 Å². The molecule has 0 unspecified atom stereocenters. The first-order valence-electron chi connectivity index (χ1n) is 9.00. The molecule has 0 aliphatic heterocycles. The number of halogens is 2. The smallest absolute Gasteiger partial charge is 0.393 e. The van der Waals surface area contributed by atoms with E-state index in [0.29, 0.717) is 19.2 Å². The Balaban J connectivity index is 1.62. The molecule has 0 bridgehead atoms. The molecule has 2 aromatic heterocycles. The van der Waals surface area contributed by atoms with E-state index in [1.807, 2.05) is 42.5 Å². The second kappa shape index (κ2) is 8.86. The van der Waals surface area contributed by atoms with E-state index in [-0.39, 0.29) is 0 Å². The molecule has 4 aromatic rings. The molecule has 29 heavy (non-hydrogen) atoms. The van der Waals surface area contributed by atoms with Gasteiger partial charge in [0.15, 0.2) is 5.65 Å². The largest absolute Gasteiger partial charge is 0.422 e. The average molecular weight is 471 g/mol. The summed E-state index contributed by atoms with van der Waals surface area (Å²) in [4.78, 5) is 4.73. The van der Waals surface area contributed by atoms with Gasteiger partial charge < -0.3 is 15.2 Å². The number of benzene rings is 2. The van der Waals surface area contributed by atoms with Crippen molar-refractivity contribution in [2.24, 2.45) is 0 Å². The number of hydrogen-bond acceptors (Lipinski definition) is 5. The Bertz CT molecular complexity index is 1140. The zero-order chi connectivity index (χ0) is 20.2. The van der Waals surface area contributed by atoms with Gasteiger partial charge in [-0.2, -0.15) is 9.61 Å². The maximum atomic E-state index is 6.39. The molecule has 4 rings (SSSR count). The Morgan fingerprint density at radius 3 is 2.72 bits per heavy atom. The minimum atomic E-state index is 0.478. The summed E-state index contributed by atoms with van der Waals surface area (Å²) >= 11 is 9.92. The quantitative estimate of drug-likeness (QED) is 0.382. The van der Waals surface area contributed by atoms with Crippen molar-refractivity contribution < 1.29 is 4.65 Å². The summed E-state index contributed by atoms with van der Waals surface area (Å²) in [6.45, 7) is 0.642. The number of rotatable bonds is 7. The maximum absolute atomic E-state index is 6.39. The maximum Gasteiger partial charge on any atom is 0.393 e. The third-order valence-electron chi connectivity index (χ3n) is 4.43. The van der Waals surface area contributed by atoms with Gasteiger partial charge in [-0.1, -0.05) is 41.9 Å². The van der Waals surface area contributed by atoms with Crippen LogP contribution in [0, 0.1) is 0 Å². The number of nitrogens with one attached hydrogen (secondary N) is 2. The lowest BCUT2D eigenvalue weighted by Gasteiger charge is -2.12. The second-order valence-corrected chi connectivity index (χ2v) is 7.66. The van der Waals surface area contributed by atoms with Gasteiger partial charge >= 0.3 is 7.62 Å². The molecule has 0 atom stereocenters. The second-order valence-electron chi connectivity index (χ2n) is 6.39. The molecule has 0 amide bonds. The standard InChI is InChI=1S/C20H18BBrClN5O/c1-29-21-27-14-8-6-13(7-9-14)11-24-19-10-18(15-4-2-3-5-17(15)23)26-20-16(22)12-25-28(19)20/h2-10,12,21,24,27H,11H2,1H3. The monoisotopic (exact) mass is 469 g/mol. The van der Waals surface area contributed by atoms with Crippen molar-refractivity contribution in [3.63, 3.8) is 0 Å². The van der Waals surface area contributed by atoms with Crippen LogP contribution in [0.25, 0.3) is 16.9 Å². The highest BCUT2D eigenvalue weighted by Gasteiger charge is 2.13. The third-order valence-corrected chi connectivity index (χ3v) is 5.32. The molecule has 146 valence electrons.